The van der Waals surface area contributed by atoms with Crippen LogP contribution in [-0.4, -0.2) is 11.1 Å². The smallest absolute Gasteiger partial charge is 0.131 e. The van der Waals surface area contributed by atoms with E-state index in [1.165, 1.54) is 0 Å². The Morgan fingerprint density at radius 1 is 1.38 bits per heavy atom. The third-order valence-electron chi connectivity index (χ3n) is 1.66. The molecule has 0 aliphatic rings. The van der Waals surface area contributed by atoms with Crippen molar-refractivity contribution in [3.05, 3.63) is 34.9 Å². The third kappa shape index (κ3) is 3.35. The largest absolute Gasteiger partial charge is 0.374 e. The molecule has 1 atom stereocenters. The van der Waals surface area contributed by atoms with Gasteiger partial charge in [-0.05, 0) is 31.5 Å². The fourth-order valence-corrected chi connectivity index (χ4v) is 1.29. The quantitative estimate of drug-likeness (QED) is 0.733. The van der Waals surface area contributed by atoms with Gasteiger partial charge in [0.1, 0.15) is 6.23 Å². The van der Waals surface area contributed by atoms with Crippen molar-refractivity contribution in [2.45, 2.75) is 26.1 Å². The van der Waals surface area contributed by atoms with Gasteiger partial charge < -0.3 is 5.11 Å². The Morgan fingerprint density at radius 2 is 2.08 bits per heavy atom. The average molecular weight is 200 g/mol. The third-order valence-corrected chi connectivity index (χ3v) is 1.89. The highest BCUT2D eigenvalue weighted by atomic mass is 35.5. The SMILES string of the molecule is CC(C)NC(O)c1cccc(Cl)c1. The number of hydrogen-bond donors (Lipinski definition) is 2. The van der Waals surface area contributed by atoms with Gasteiger partial charge in [0.15, 0.2) is 0 Å². The zero-order valence-corrected chi connectivity index (χ0v) is 8.55. The van der Waals surface area contributed by atoms with Crippen LogP contribution in [0.2, 0.25) is 5.02 Å². The van der Waals surface area contributed by atoms with Crippen molar-refractivity contribution in [2.75, 3.05) is 0 Å². The van der Waals surface area contributed by atoms with E-state index in [0.717, 1.165) is 5.56 Å². The van der Waals surface area contributed by atoms with Gasteiger partial charge in [-0.25, -0.2) is 0 Å². The monoisotopic (exact) mass is 199 g/mol. The highest BCUT2D eigenvalue weighted by molar-refractivity contribution is 6.30. The maximum absolute atomic E-state index is 9.65. The number of hydrogen-bond acceptors (Lipinski definition) is 2. The van der Waals surface area contributed by atoms with Crippen LogP contribution in [0, 0.1) is 0 Å². The van der Waals surface area contributed by atoms with Crippen LogP contribution in [0.4, 0.5) is 0 Å². The summed E-state index contributed by atoms with van der Waals surface area (Å²) in [6.45, 7) is 3.96. The molecule has 0 bridgehead atoms. The van der Waals surface area contributed by atoms with Crippen LogP contribution in [0.3, 0.4) is 0 Å². The minimum absolute atomic E-state index is 0.244. The Bertz CT molecular complexity index is 275. The first-order valence-electron chi connectivity index (χ1n) is 4.29. The second-order valence-corrected chi connectivity index (χ2v) is 3.72. The maximum atomic E-state index is 9.65. The predicted octanol–water partition coefficient (Wildman–Crippen LogP) is 2.33. The van der Waals surface area contributed by atoms with E-state index in [-0.39, 0.29) is 6.04 Å². The van der Waals surface area contributed by atoms with Gasteiger partial charge in [0.25, 0.3) is 0 Å². The van der Waals surface area contributed by atoms with Gasteiger partial charge in [0.05, 0.1) is 0 Å². The van der Waals surface area contributed by atoms with Crippen LogP contribution < -0.4 is 5.32 Å². The Balaban J connectivity index is 2.71. The summed E-state index contributed by atoms with van der Waals surface area (Å²) in [7, 11) is 0. The first-order chi connectivity index (χ1) is 6.09. The van der Waals surface area contributed by atoms with E-state index in [0.29, 0.717) is 5.02 Å². The number of aliphatic hydroxyl groups excluding tert-OH is 1. The zero-order valence-electron chi connectivity index (χ0n) is 7.79. The molecule has 0 fully saturated rings. The van der Waals surface area contributed by atoms with E-state index >= 15 is 0 Å². The maximum Gasteiger partial charge on any atom is 0.131 e. The second-order valence-electron chi connectivity index (χ2n) is 3.28. The lowest BCUT2D eigenvalue weighted by molar-refractivity contribution is 0.129. The van der Waals surface area contributed by atoms with Gasteiger partial charge in [0.2, 0.25) is 0 Å². The van der Waals surface area contributed by atoms with Crippen LogP contribution >= 0.6 is 11.6 Å². The molecule has 72 valence electrons. The van der Waals surface area contributed by atoms with Crippen LogP contribution in [0.1, 0.15) is 25.6 Å². The minimum atomic E-state index is -0.640. The van der Waals surface area contributed by atoms with E-state index in [1.807, 2.05) is 26.0 Å². The summed E-state index contributed by atoms with van der Waals surface area (Å²) in [6, 6.07) is 7.44. The van der Waals surface area contributed by atoms with Crippen LogP contribution in [0.5, 0.6) is 0 Å². The number of halogens is 1. The van der Waals surface area contributed by atoms with Crippen molar-refractivity contribution < 1.29 is 5.11 Å². The number of nitrogens with one attached hydrogen (secondary N) is 1. The number of rotatable bonds is 3. The van der Waals surface area contributed by atoms with Gasteiger partial charge in [-0.1, -0.05) is 23.7 Å². The van der Waals surface area contributed by atoms with E-state index in [2.05, 4.69) is 5.32 Å². The van der Waals surface area contributed by atoms with Gasteiger partial charge >= 0.3 is 0 Å². The van der Waals surface area contributed by atoms with Crippen molar-refractivity contribution in [3.63, 3.8) is 0 Å². The molecule has 1 aromatic rings. The molecule has 13 heavy (non-hydrogen) atoms. The molecule has 0 aliphatic heterocycles. The molecule has 0 aromatic heterocycles. The van der Waals surface area contributed by atoms with E-state index in [9.17, 15) is 5.11 Å². The molecule has 0 amide bonds. The van der Waals surface area contributed by atoms with Crippen molar-refractivity contribution in [2.24, 2.45) is 0 Å². The minimum Gasteiger partial charge on any atom is -0.374 e. The van der Waals surface area contributed by atoms with Crippen molar-refractivity contribution in [1.82, 2.24) is 5.32 Å². The summed E-state index contributed by atoms with van der Waals surface area (Å²) in [5.41, 5.74) is 0.793. The molecule has 2 N–H and O–H groups in total. The lowest BCUT2D eigenvalue weighted by atomic mass is 10.2. The lowest BCUT2D eigenvalue weighted by Gasteiger charge is -2.15. The molecule has 1 unspecified atom stereocenters. The molecule has 1 aromatic carbocycles. The number of aliphatic hydroxyl groups is 1. The molecule has 2 nitrogen and oxygen atoms in total. The molecule has 0 spiro atoms. The Morgan fingerprint density at radius 3 is 2.62 bits per heavy atom. The standard InChI is InChI=1S/C10H14ClNO/c1-7(2)12-10(13)8-4-3-5-9(11)6-8/h3-7,10,12-13H,1-2H3. The van der Waals surface area contributed by atoms with Gasteiger partial charge in [0, 0.05) is 11.1 Å². The average Bonchev–Trinajstić information content (AvgIpc) is 2.03. The Hall–Kier alpha value is -0.570. The van der Waals surface area contributed by atoms with Crippen molar-refractivity contribution in [1.29, 1.82) is 0 Å². The predicted molar refractivity (Wildman–Crippen MR) is 54.7 cm³/mol. The highest BCUT2D eigenvalue weighted by Gasteiger charge is 2.07. The van der Waals surface area contributed by atoms with Crippen LogP contribution in [-0.2, 0) is 0 Å². The van der Waals surface area contributed by atoms with Gasteiger partial charge in [-0.2, -0.15) is 0 Å². The lowest BCUT2D eigenvalue weighted by Crippen LogP contribution is -2.27. The van der Waals surface area contributed by atoms with Crippen LogP contribution in [0.25, 0.3) is 0 Å². The van der Waals surface area contributed by atoms with Crippen molar-refractivity contribution in [3.8, 4) is 0 Å². The molecular formula is C10H14ClNO. The molecule has 1 rings (SSSR count). The van der Waals surface area contributed by atoms with Gasteiger partial charge in [-0.15, -0.1) is 0 Å². The first-order valence-corrected chi connectivity index (χ1v) is 4.67. The second kappa shape index (κ2) is 4.61. The summed E-state index contributed by atoms with van der Waals surface area (Å²) in [5, 5.41) is 13.3. The number of benzene rings is 1. The highest BCUT2D eigenvalue weighted by Crippen LogP contribution is 2.15. The van der Waals surface area contributed by atoms with Crippen LogP contribution in [0.15, 0.2) is 24.3 Å². The molecule has 0 heterocycles. The first kappa shape index (κ1) is 10.5. The van der Waals surface area contributed by atoms with Crippen molar-refractivity contribution >= 4 is 11.6 Å². The summed E-state index contributed by atoms with van der Waals surface area (Å²) >= 11 is 5.79. The summed E-state index contributed by atoms with van der Waals surface area (Å²) < 4.78 is 0. The molecule has 0 saturated heterocycles. The summed E-state index contributed by atoms with van der Waals surface area (Å²) in [5.74, 6) is 0. The molecule has 3 heteroatoms. The van der Waals surface area contributed by atoms with E-state index in [1.54, 1.807) is 12.1 Å². The topological polar surface area (TPSA) is 32.3 Å². The Labute approximate surface area is 83.5 Å². The summed E-state index contributed by atoms with van der Waals surface area (Å²) in [4.78, 5) is 0. The zero-order chi connectivity index (χ0) is 9.84. The fourth-order valence-electron chi connectivity index (χ4n) is 1.09. The fraction of sp³-hybridized carbons (Fsp3) is 0.400. The summed E-state index contributed by atoms with van der Waals surface area (Å²) in [6.07, 6.45) is -0.640. The van der Waals surface area contributed by atoms with E-state index in [4.69, 9.17) is 11.6 Å². The molecule has 0 aliphatic carbocycles. The molecule has 0 radical (unpaired) electrons. The molecular weight excluding hydrogens is 186 g/mol. The normalized spacial score (nSPS) is 13.3. The Kier molecular flexibility index (Phi) is 3.72. The van der Waals surface area contributed by atoms with Gasteiger partial charge in [-0.3, -0.25) is 5.32 Å². The molecule has 0 saturated carbocycles. The van der Waals surface area contributed by atoms with E-state index < -0.39 is 6.23 Å².